The van der Waals surface area contributed by atoms with Gasteiger partial charge in [0.1, 0.15) is 0 Å². The molecule has 3 heteroatoms. The molecule has 14 heavy (non-hydrogen) atoms. The Morgan fingerprint density at radius 1 is 1.00 bits per heavy atom. The van der Waals surface area contributed by atoms with Gasteiger partial charge in [0, 0.05) is 0 Å². The molecule has 0 nitrogen and oxygen atoms in total. The van der Waals surface area contributed by atoms with E-state index in [2.05, 4.69) is 0 Å². The number of rotatable bonds is 0. The van der Waals surface area contributed by atoms with E-state index in [0.29, 0.717) is 5.56 Å². The fourth-order valence-electron chi connectivity index (χ4n) is 1.04. The molecule has 80 valence electrons. The van der Waals surface area contributed by atoms with Gasteiger partial charge < -0.3 is 0 Å². The molecule has 0 aromatic heterocycles. The van der Waals surface area contributed by atoms with Crippen molar-refractivity contribution in [2.75, 3.05) is 0 Å². The van der Waals surface area contributed by atoms with E-state index >= 15 is 0 Å². The topological polar surface area (TPSA) is 0 Å². The van der Waals surface area contributed by atoms with Gasteiger partial charge in [0.15, 0.2) is 0 Å². The predicted molar refractivity (Wildman–Crippen MR) is 52.3 cm³/mol. The maximum Gasteiger partial charge on any atom is 0.416 e. The number of benzene rings is 1. The van der Waals surface area contributed by atoms with Crippen molar-refractivity contribution in [3.05, 3.63) is 34.9 Å². The van der Waals surface area contributed by atoms with Crippen LogP contribution in [-0.4, -0.2) is 0 Å². The van der Waals surface area contributed by atoms with Crippen LogP contribution in [0.25, 0.3) is 0 Å². The molecule has 0 heterocycles. The molecule has 0 radical (unpaired) electrons. The monoisotopic (exact) mass is 204 g/mol. The highest BCUT2D eigenvalue weighted by Gasteiger charge is 2.31. The van der Waals surface area contributed by atoms with Crippen LogP contribution >= 0.6 is 0 Å². The summed E-state index contributed by atoms with van der Waals surface area (Å²) < 4.78 is 36.7. The highest BCUT2D eigenvalue weighted by Crippen LogP contribution is 2.31. The third-order valence-corrected chi connectivity index (χ3v) is 1.70. The number of hydrogen-bond donors (Lipinski definition) is 0. The molecule has 1 aromatic rings. The average molecular weight is 204 g/mol. The summed E-state index contributed by atoms with van der Waals surface area (Å²) in [7, 11) is 0. The minimum atomic E-state index is -4.23. The van der Waals surface area contributed by atoms with Gasteiger partial charge in [-0.15, -0.1) is 0 Å². The predicted octanol–water partition coefficient (Wildman–Crippen LogP) is 4.35. The van der Waals surface area contributed by atoms with Gasteiger partial charge in [0.2, 0.25) is 0 Å². The van der Waals surface area contributed by atoms with Crippen molar-refractivity contribution in [2.45, 2.75) is 33.9 Å². The Morgan fingerprint density at radius 3 is 1.86 bits per heavy atom. The van der Waals surface area contributed by atoms with Crippen molar-refractivity contribution in [1.82, 2.24) is 0 Å². The van der Waals surface area contributed by atoms with Crippen molar-refractivity contribution in [3.8, 4) is 0 Å². The summed E-state index contributed by atoms with van der Waals surface area (Å²) in [5.74, 6) is 0. The maximum absolute atomic E-state index is 12.2. The van der Waals surface area contributed by atoms with Crippen LogP contribution in [0.4, 0.5) is 13.2 Å². The third-order valence-electron chi connectivity index (χ3n) is 1.70. The zero-order valence-electron chi connectivity index (χ0n) is 8.87. The first-order valence-corrected chi connectivity index (χ1v) is 4.55. The number of halogens is 3. The Hall–Kier alpha value is -0.990. The summed E-state index contributed by atoms with van der Waals surface area (Å²) >= 11 is 0. The van der Waals surface area contributed by atoms with Crippen LogP contribution in [0.15, 0.2) is 18.2 Å². The summed E-state index contributed by atoms with van der Waals surface area (Å²) in [6, 6.07) is 4.32. The highest BCUT2D eigenvalue weighted by molar-refractivity contribution is 5.32. The number of hydrogen-bond acceptors (Lipinski definition) is 0. The van der Waals surface area contributed by atoms with Crippen molar-refractivity contribution in [1.29, 1.82) is 0 Å². The fraction of sp³-hybridized carbons (Fsp3) is 0.455. The molecular formula is C11H15F3. The Kier molecular flexibility index (Phi) is 4.68. The standard InChI is InChI=1S/C9H9F3.C2H6/c1-6-3-4-7(2)8(5-6)9(10,11)12;1-2/h3-5H,1-2H3;1-2H3. The first-order valence-electron chi connectivity index (χ1n) is 4.55. The van der Waals surface area contributed by atoms with Crippen LogP contribution in [0.5, 0.6) is 0 Å². The Balaban J connectivity index is 0.000000791. The van der Waals surface area contributed by atoms with Crippen molar-refractivity contribution in [2.24, 2.45) is 0 Å². The van der Waals surface area contributed by atoms with E-state index in [1.54, 1.807) is 13.0 Å². The first kappa shape index (κ1) is 13.0. The largest absolute Gasteiger partial charge is 0.416 e. The van der Waals surface area contributed by atoms with Gasteiger partial charge in [-0.2, -0.15) is 13.2 Å². The van der Waals surface area contributed by atoms with Crippen LogP contribution < -0.4 is 0 Å². The molecule has 0 unspecified atom stereocenters. The molecule has 0 saturated carbocycles. The third kappa shape index (κ3) is 3.40. The van der Waals surface area contributed by atoms with Gasteiger partial charge in [0.25, 0.3) is 0 Å². The normalized spacial score (nSPS) is 10.5. The molecule has 0 aliphatic carbocycles. The van der Waals surface area contributed by atoms with Crippen molar-refractivity contribution < 1.29 is 13.2 Å². The van der Waals surface area contributed by atoms with E-state index < -0.39 is 11.7 Å². The fourth-order valence-corrected chi connectivity index (χ4v) is 1.04. The average Bonchev–Trinajstić information content (AvgIpc) is 2.11. The minimum absolute atomic E-state index is 0.271. The quantitative estimate of drug-likeness (QED) is 0.589. The molecule has 1 rings (SSSR count). The Morgan fingerprint density at radius 2 is 1.50 bits per heavy atom. The molecule has 0 aliphatic heterocycles. The molecule has 0 atom stereocenters. The minimum Gasteiger partial charge on any atom is -0.166 e. The second kappa shape index (κ2) is 5.03. The number of aryl methyl sites for hydroxylation is 2. The van der Waals surface area contributed by atoms with Crippen molar-refractivity contribution in [3.63, 3.8) is 0 Å². The molecular weight excluding hydrogens is 189 g/mol. The number of alkyl halides is 3. The summed E-state index contributed by atoms with van der Waals surface area (Å²) in [6.45, 7) is 7.11. The summed E-state index contributed by atoms with van der Waals surface area (Å²) in [6.07, 6.45) is -4.23. The molecule has 0 amide bonds. The summed E-state index contributed by atoms with van der Waals surface area (Å²) in [4.78, 5) is 0. The first-order chi connectivity index (χ1) is 6.41. The van der Waals surface area contributed by atoms with E-state index in [4.69, 9.17) is 0 Å². The zero-order valence-corrected chi connectivity index (χ0v) is 8.87. The van der Waals surface area contributed by atoms with E-state index in [1.165, 1.54) is 13.0 Å². The van der Waals surface area contributed by atoms with Gasteiger partial charge in [0.05, 0.1) is 5.56 Å². The van der Waals surface area contributed by atoms with Crippen molar-refractivity contribution >= 4 is 0 Å². The van der Waals surface area contributed by atoms with Crippen LogP contribution in [-0.2, 0) is 6.18 Å². The highest BCUT2D eigenvalue weighted by atomic mass is 19.4. The van der Waals surface area contributed by atoms with Crippen LogP contribution in [0.3, 0.4) is 0 Å². The molecule has 0 saturated heterocycles. The molecule has 0 aliphatic rings. The smallest absolute Gasteiger partial charge is 0.166 e. The van der Waals surface area contributed by atoms with E-state index in [0.717, 1.165) is 6.07 Å². The van der Waals surface area contributed by atoms with Gasteiger partial charge in [-0.25, -0.2) is 0 Å². The van der Waals surface area contributed by atoms with Gasteiger partial charge >= 0.3 is 6.18 Å². The zero-order chi connectivity index (χ0) is 11.4. The van der Waals surface area contributed by atoms with E-state index in [-0.39, 0.29) is 5.56 Å². The second-order valence-corrected chi connectivity index (χ2v) is 2.82. The van der Waals surface area contributed by atoms with Gasteiger partial charge in [-0.3, -0.25) is 0 Å². The summed E-state index contributed by atoms with van der Waals surface area (Å²) in [5.41, 5.74) is 0.364. The second-order valence-electron chi connectivity index (χ2n) is 2.82. The molecule has 0 fully saturated rings. The van der Waals surface area contributed by atoms with Crippen LogP contribution in [0.1, 0.15) is 30.5 Å². The Labute approximate surface area is 82.8 Å². The lowest BCUT2D eigenvalue weighted by Gasteiger charge is -2.10. The lowest BCUT2D eigenvalue weighted by molar-refractivity contribution is -0.138. The summed E-state index contributed by atoms with van der Waals surface area (Å²) in [5, 5.41) is 0. The van der Waals surface area contributed by atoms with Crippen LogP contribution in [0, 0.1) is 13.8 Å². The molecule has 1 aromatic carbocycles. The maximum atomic E-state index is 12.2. The molecule has 0 spiro atoms. The van der Waals surface area contributed by atoms with Gasteiger partial charge in [-0.05, 0) is 25.5 Å². The SMILES string of the molecule is CC.Cc1ccc(C)c(C(F)(F)F)c1. The van der Waals surface area contributed by atoms with E-state index in [9.17, 15) is 13.2 Å². The lowest BCUT2D eigenvalue weighted by Crippen LogP contribution is -2.07. The Bertz CT molecular complexity index is 287. The van der Waals surface area contributed by atoms with Crippen LogP contribution in [0.2, 0.25) is 0 Å². The molecule has 0 N–H and O–H groups in total. The lowest BCUT2D eigenvalue weighted by atomic mass is 10.1. The molecule has 0 bridgehead atoms. The van der Waals surface area contributed by atoms with E-state index in [1.807, 2.05) is 13.8 Å². The van der Waals surface area contributed by atoms with Gasteiger partial charge in [-0.1, -0.05) is 31.5 Å².